The Bertz CT molecular complexity index is 230. The Morgan fingerprint density at radius 3 is 3.00 bits per heavy atom. The Morgan fingerprint density at radius 1 is 1.45 bits per heavy atom. The van der Waals surface area contributed by atoms with E-state index in [1.807, 2.05) is 6.08 Å². The maximum atomic E-state index is 12.9. The van der Waals surface area contributed by atoms with Gasteiger partial charge in [-0.25, -0.2) is 4.39 Å². The molecule has 1 nitrogen and oxygen atoms in total. The molecule has 2 fully saturated rings. The maximum Gasteiger partial charge on any atom is 0.138 e. The molecule has 1 spiro atoms. The van der Waals surface area contributed by atoms with Gasteiger partial charge in [0.1, 0.15) is 6.17 Å². The molecule has 1 saturated heterocycles. The monoisotopic (exact) mass is 153 g/mol. The molecule has 60 valence electrons. The highest BCUT2D eigenvalue weighted by atomic mass is 19.1. The number of rotatable bonds is 0. The largest absolute Gasteiger partial charge is 0.366 e. The Hall–Kier alpha value is -0.530. The molecule has 0 bridgehead atoms. The van der Waals surface area contributed by atoms with Gasteiger partial charge in [-0.2, -0.15) is 0 Å². The van der Waals surface area contributed by atoms with Gasteiger partial charge in [-0.15, -0.1) is 0 Å². The quantitative estimate of drug-likeness (QED) is 0.513. The second-order valence-electron chi connectivity index (χ2n) is 4.01. The van der Waals surface area contributed by atoms with Crippen LogP contribution in [-0.2, 0) is 0 Å². The van der Waals surface area contributed by atoms with Crippen LogP contribution in [0, 0.1) is 0 Å². The van der Waals surface area contributed by atoms with Crippen LogP contribution >= 0.6 is 0 Å². The Kier molecular flexibility index (Phi) is 0.890. The molecule has 2 heterocycles. The first-order valence-corrected chi connectivity index (χ1v) is 4.43. The first-order valence-electron chi connectivity index (χ1n) is 4.43. The molecule has 0 aromatic heterocycles. The zero-order valence-electron chi connectivity index (χ0n) is 6.52. The summed E-state index contributed by atoms with van der Waals surface area (Å²) < 4.78 is 12.9. The van der Waals surface area contributed by atoms with E-state index in [0.717, 1.165) is 6.42 Å². The number of hydrogen-bond acceptors (Lipinski definition) is 1. The fraction of sp³-hybridized carbons (Fsp3) is 0.778. The Balaban J connectivity index is 1.95. The highest BCUT2D eigenvalue weighted by Crippen LogP contribution is 2.54. The Morgan fingerprint density at radius 2 is 2.27 bits per heavy atom. The van der Waals surface area contributed by atoms with Crippen molar-refractivity contribution in [1.29, 1.82) is 0 Å². The van der Waals surface area contributed by atoms with Gasteiger partial charge >= 0.3 is 0 Å². The summed E-state index contributed by atoms with van der Waals surface area (Å²) in [6.45, 7) is 0.648. The molecular formula is C9H12FN. The van der Waals surface area contributed by atoms with E-state index >= 15 is 0 Å². The summed E-state index contributed by atoms with van der Waals surface area (Å²) in [5.41, 5.74) is 1.74. The lowest BCUT2D eigenvalue weighted by Gasteiger charge is -2.23. The van der Waals surface area contributed by atoms with Crippen LogP contribution in [0.4, 0.5) is 4.39 Å². The van der Waals surface area contributed by atoms with Crippen molar-refractivity contribution < 1.29 is 4.39 Å². The van der Waals surface area contributed by atoms with Crippen LogP contribution in [0.2, 0.25) is 0 Å². The summed E-state index contributed by atoms with van der Waals surface area (Å²) in [6.07, 6.45) is 6.15. The normalized spacial score (nSPS) is 37.7. The zero-order chi connectivity index (χ0) is 7.47. The predicted octanol–water partition coefficient (Wildman–Crippen LogP) is 1.85. The SMILES string of the molecule is F[C@@H]1C=C2CCC3(CC3)N2C1. The molecule has 0 radical (unpaired) electrons. The number of allylic oxidation sites excluding steroid dienone is 1. The number of fused-ring (bicyclic) bond motifs is 2. The van der Waals surface area contributed by atoms with Crippen LogP contribution in [0.15, 0.2) is 11.8 Å². The minimum atomic E-state index is -0.678. The third kappa shape index (κ3) is 0.652. The first kappa shape index (κ1) is 6.04. The van der Waals surface area contributed by atoms with Crippen molar-refractivity contribution in [2.75, 3.05) is 6.54 Å². The molecule has 1 saturated carbocycles. The summed E-state index contributed by atoms with van der Waals surface area (Å²) in [4.78, 5) is 2.32. The van der Waals surface area contributed by atoms with Gasteiger partial charge < -0.3 is 4.90 Å². The molecule has 0 aromatic rings. The summed E-state index contributed by atoms with van der Waals surface area (Å²) in [5.74, 6) is 0. The molecule has 11 heavy (non-hydrogen) atoms. The van der Waals surface area contributed by atoms with Gasteiger partial charge in [0.2, 0.25) is 0 Å². The van der Waals surface area contributed by atoms with Crippen LogP contribution in [0.1, 0.15) is 25.7 Å². The molecule has 0 N–H and O–H groups in total. The van der Waals surface area contributed by atoms with E-state index in [1.54, 1.807) is 0 Å². The summed E-state index contributed by atoms with van der Waals surface area (Å²) in [7, 11) is 0. The van der Waals surface area contributed by atoms with E-state index in [0.29, 0.717) is 12.1 Å². The standard InChI is InChI=1S/C9H12FN/c10-7-5-8-1-2-9(3-4-9)11(8)6-7/h5,7H,1-4,6H2/t7-/m1/s1. The van der Waals surface area contributed by atoms with E-state index in [1.165, 1.54) is 25.0 Å². The second kappa shape index (κ2) is 1.62. The van der Waals surface area contributed by atoms with Crippen LogP contribution in [-0.4, -0.2) is 23.2 Å². The summed E-state index contributed by atoms with van der Waals surface area (Å²) in [5, 5.41) is 0. The first-order chi connectivity index (χ1) is 5.30. The van der Waals surface area contributed by atoms with Crippen molar-refractivity contribution >= 4 is 0 Å². The predicted molar refractivity (Wildman–Crippen MR) is 40.9 cm³/mol. The van der Waals surface area contributed by atoms with Crippen molar-refractivity contribution in [3.63, 3.8) is 0 Å². The topological polar surface area (TPSA) is 3.24 Å². The van der Waals surface area contributed by atoms with Crippen LogP contribution in [0.5, 0.6) is 0 Å². The molecular weight excluding hydrogens is 141 g/mol. The fourth-order valence-electron chi connectivity index (χ4n) is 2.52. The summed E-state index contributed by atoms with van der Waals surface area (Å²) >= 11 is 0. The highest BCUT2D eigenvalue weighted by Gasteiger charge is 2.54. The molecule has 3 aliphatic rings. The van der Waals surface area contributed by atoms with Crippen molar-refractivity contribution in [3.8, 4) is 0 Å². The smallest absolute Gasteiger partial charge is 0.138 e. The molecule has 2 heteroatoms. The molecule has 0 amide bonds. The van der Waals surface area contributed by atoms with Crippen molar-refractivity contribution in [2.24, 2.45) is 0 Å². The minimum Gasteiger partial charge on any atom is -0.366 e. The van der Waals surface area contributed by atoms with E-state index in [-0.39, 0.29) is 0 Å². The number of nitrogens with zero attached hydrogens (tertiary/aromatic N) is 1. The number of hydrogen-bond donors (Lipinski definition) is 0. The van der Waals surface area contributed by atoms with Gasteiger partial charge in [-0.05, 0) is 31.8 Å². The molecule has 1 atom stereocenters. The Labute approximate surface area is 65.9 Å². The van der Waals surface area contributed by atoms with Gasteiger partial charge in [0, 0.05) is 11.2 Å². The lowest BCUT2D eigenvalue weighted by Crippen LogP contribution is -2.30. The third-order valence-corrected chi connectivity index (χ3v) is 3.32. The van der Waals surface area contributed by atoms with Gasteiger partial charge in [0.15, 0.2) is 0 Å². The van der Waals surface area contributed by atoms with E-state index in [9.17, 15) is 4.39 Å². The van der Waals surface area contributed by atoms with Gasteiger partial charge in [-0.1, -0.05) is 0 Å². The van der Waals surface area contributed by atoms with E-state index in [2.05, 4.69) is 4.90 Å². The van der Waals surface area contributed by atoms with Crippen LogP contribution in [0.3, 0.4) is 0 Å². The summed E-state index contributed by atoms with van der Waals surface area (Å²) in [6, 6.07) is 0. The van der Waals surface area contributed by atoms with Crippen LogP contribution < -0.4 is 0 Å². The van der Waals surface area contributed by atoms with Crippen molar-refractivity contribution in [3.05, 3.63) is 11.8 Å². The van der Waals surface area contributed by atoms with Crippen molar-refractivity contribution in [2.45, 2.75) is 37.4 Å². The average molecular weight is 153 g/mol. The van der Waals surface area contributed by atoms with Crippen LogP contribution in [0.25, 0.3) is 0 Å². The lowest BCUT2D eigenvalue weighted by molar-refractivity contribution is 0.244. The number of halogens is 1. The van der Waals surface area contributed by atoms with E-state index < -0.39 is 6.17 Å². The molecule has 2 aliphatic heterocycles. The minimum absolute atomic E-state index is 0.451. The third-order valence-electron chi connectivity index (χ3n) is 3.32. The number of alkyl halides is 1. The van der Waals surface area contributed by atoms with Gasteiger partial charge in [-0.3, -0.25) is 0 Å². The highest BCUT2D eigenvalue weighted by molar-refractivity contribution is 5.26. The lowest BCUT2D eigenvalue weighted by atomic mass is 10.2. The zero-order valence-corrected chi connectivity index (χ0v) is 6.52. The molecule has 1 aliphatic carbocycles. The van der Waals surface area contributed by atoms with E-state index in [4.69, 9.17) is 0 Å². The molecule has 0 aromatic carbocycles. The van der Waals surface area contributed by atoms with Crippen molar-refractivity contribution in [1.82, 2.24) is 4.90 Å². The average Bonchev–Trinajstić information content (AvgIpc) is 2.57. The molecule has 0 unspecified atom stereocenters. The molecule has 3 rings (SSSR count). The van der Waals surface area contributed by atoms with Gasteiger partial charge in [0.05, 0.1) is 6.54 Å². The maximum absolute atomic E-state index is 12.9. The second-order valence-corrected chi connectivity index (χ2v) is 4.01. The van der Waals surface area contributed by atoms with Gasteiger partial charge in [0.25, 0.3) is 0 Å². The fourth-order valence-corrected chi connectivity index (χ4v) is 2.52.